The zero-order valence-corrected chi connectivity index (χ0v) is 12.7. The number of anilines is 1. The molecule has 2 aromatic heterocycles. The van der Waals surface area contributed by atoms with Crippen LogP contribution in [0.3, 0.4) is 0 Å². The van der Waals surface area contributed by atoms with Gasteiger partial charge in [0, 0.05) is 11.3 Å². The van der Waals surface area contributed by atoms with E-state index in [4.69, 9.17) is 5.73 Å². The monoisotopic (exact) mass is 333 g/mol. The Bertz CT molecular complexity index is 824. The zero-order valence-electron chi connectivity index (χ0n) is 11.1. The molecule has 1 aromatic carbocycles. The lowest BCUT2D eigenvalue weighted by Crippen LogP contribution is -1.98. The summed E-state index contributed by atoms with van der Waals surface area (Å²) in [5.41, 5.74) is 10.4. The summed E-state index contributed by atoms with van der Waals surface area (Å²) in [5, 5.41) is 0. The lowest BCUT2D eigenvalue weighted by molar-refractivity contribution is 0.621. The standard InChI is InChI=1S/C15H13BrFN3/c1-8-5-9(2)20-13(6-8)19-14(15(20)18)10-3-4-11(16)12(17)7-10/h3-7H,18H2,1-2H3. The summed E-state index contributed by atoms with van der Waals surface area (Å²) in [6, 6.07) is 8.89. The van der Waals surface area contributed by atoms with Crippen LogP contribution in [-0.4, -0.2) is 9.38 Å². The molecule has 5 heteroatoms. The second kappa shape index (κ2) is 4.59. The van der Waals surface area contributed by atoms with Gasteiger partial charge in [0.15, 0.2) is 0 Å². The molecule has 0 aliphatic rings. The summed E-state index contributed by atoms with van der Waals surface area (Å²) in [4.78, 5) is 4.53. The van der Waals surface area contributed by atoms with Crippen LogP contribution in [-0.2, 0) is 0 Å². The molecule has 3 rings (SSSR count). The number of nitrogens with zero attached hydrogens (tertiary/aromatic N) is 2. The molecule has 0 saturated carbocycles. The van der Waals surface area contributed by atoms with Crippen LogP contribution in [0.4, 0.5) is 10.2 Å². The Morgan fingerprint density at radius 2 is 1.95 bits per heavy atom. The predicted octanol–water partition coefficient (Wildman–Crippen LogP) is 4.10. The van der Waals surface area contributed by atoms with E-state index in [0.29, 0.717) is 21.5 Å². The normalized spacial score (nSPS) is 11.2. The lowest BCUT2D eigenvalue weighted by atomic mass is 10.1. The number of imidazole rings is 1. The molecule has 2 heterocycles. The van der Waals surface area contributed by atoms with Gasteiger partial charge in [-0.3, -0.25) is 4.40 Å². The summed E-state index contributed by atoms with van der Waals surface area (Å²) in [6.07, 6.45) is 0. The molecular formula is C15H13BrFN3. The van der Waals surface area contributed by atoms with Crippen molar-refractivity contribution < 1.29 is 4.39 Å². The van der Waals surface area contributed by atoms with Crippen molar-refractivity contribution in [3.8, 4) is 11.3 Å². The van der Waals surface area contributed by atoms with Crippen molar-refractivity contribution in [2.45, 2.75) is 13.8 Å². The number of fused-ring (bicyclic) bond motifs is 1. The first-order chi connectivity index (χ1) is 9.47. The Labute approximate surface area is 124 Å². The first-order valence-corrected chi connectivity index (χ1v) is 6.97. The van der Waals surface area contributed by atoms with Crippen molar-refractivity contribution in [3.63, 3.8) is 0 Å². The van der Waals surface area contributed by atoms with E-state index in [0.717, 1.165) is 16.9 Å². The highest BCUT2D eigenvalue weighted by atomic mass is 79.9. The van der Waals surface area contributed by atoms with Crippen LogP contribution < -0.4 is 5.73 Å². The molecule has 0 radical (unpaired) electrons. The van der Waals surface area contributed by atoms with Gasteiger partial charge in [-0.15, -0.1) is 0 Å². The smallest absolute Gasteiger partial charge is 0.139 e. The summed E-state index contributed by atoms with van der Waals surface area (Å²) in [7, 11) is 0. The van der Waals surface area contributed by atoms with Crippen LogP contribution in [0.1, 0.15) is 11.3 Å². The maximum Gasteiger partial charge on any atom is 0.139 e. The molecule has 0 bridgehead atoms. The van der Waals surface area contributed by atoms with Crippen molar-refractivity contribution in [2.24, 2.45) is 0 Å². The maximum atomic E-state index is 13.7. The molecule has 0 fully saturated rings. The number of pyridine rings is 1. The van der Waals surface area contributed by atoms with Crippen molar-refractivity contribution in [1.29, 1.82) is 0 Å². The lowest BCUT2D eigenvalue weighted by Gasteiger charge is -2.04. The third-order valence-corrected chi connectivity index (χ3v) is 3.92. The van der Waals surface area contributed by atoms with Crippen molar-refractivity contribution in [2.75, 3.05) is 5.73 Å². The quantitative estimate of drug-likeness (QED) is 0.728. The largest absolute Gasteiger partial charge is 0.383 e. The number of hydrogen-bond acceptors (Lipinski definition) is 2. The molecule has 0 atom stereocenters. The number of aromatic nitrogens is 2. The number of benzene rings is 1. The number of aryl methyl sites for hydroxylation is 2. The Hall–Kier alpha value is -1.88. The van der Waals surface area contributed by atoms with Crippen LogP contribution in [0, 0.1) is 19.7 Å². The van der Waals surface area contributed by atoms with Crippen LogP contribution in [0.2, 0.25) is 0 Å². The highest BCUT2D eigenvalue weighted by Gasteiger charge is 2.14. The van der Waals surface area contributed by atoms with E-state index in [1.165, 1.54) is 6.07 Å². The van der Waals surface area contributed by atoms with E-state index >= 15 is 0 Å². The van der Waals surface area contributed by atoms with Crippen LogP contribution in [0.15, 0.2) is 34.8 Å². The minimum atomic E-state index is -0.327. The fourth-order valence-electron chi connectivity index (χ4n) is 2.41. The highest BCUT2D eigenvalue weighted by molar-refractivity contribution is 9.10. The van der Waals surface area contributed by atoms with Crippen LogP contribution in [0.25, 0.3) is 16.9 Å². The fourth-order valence-corrected chi connectivity index (χ4v) is 2.66. The zero-order chi connectivity index (χ0) is 14.4. The van der Waals surface area contributed by atoms with E-state index < -0.39 is 0 Å². The molecule has 2 N–H and O–H groups in total. The van der Waals surface area contributed by atoms with Crippen molar-refractivity contribution >= 4 is 27.4 Å². The van der Waals surface area contributed by atoms with E-state index in [1.807, 2.05) is 30.4 Å². The molecule has 3 nitrogen and oxygen atoms in total. The first kappa shape index (κ1) is 13.1. The average Bonchev–Trinajstić information content (AvgIpc) is 2.70. The molecular weight excluding hydrogens is 321 g/mol. The van der Waals surface area contributed by atoms with Crippen LogP contribution in [0.5, 0.6) is 0 Å². The molecule has 0 unspecified atom stereocenters. The van der Waals surface area contributed by atoms with Gasteiger partial charge in [0.05, 0.1) is 4.47 Å². The first-order valence-electron chi connectivity index (χ1n) is 6.18. The Morgan fingerprint density at radius 3 is 2.65 bits per heavy atom. The highest BCUT2D eigenvalue weighted by Crippen LogP contribution is 2.30. The number of hydrogen-bond donors (Lipinski definition) is 1. The van der Waals surface area contributed by atoms with Gasteiger partial charge < -0.3 is 5.73 Å². The third kappa shape index (κ3) is 1.98. The molecule has 20 heavy (non-hydrogen) atoms. The predicted molar refractivity (Wildman–Crippen MR) is 82.2 cm³/mol. The maximum absolute atomic E-state index is 13.7. The van der Waals surface area contributed by atoms with Crippen LogP contribution >= 0.6 is 15.9 Å². The van der Waals surface area contributed by atoms with E-state index in [9.17, 15) is 4.39 Å². The van der Waals surface area contributed by atoms with E-state index in [-0.39, 0.29) is 5.82 Å². The topological polar surface area (TPSA) is 43.3 Å². The number of nitrogen functional groups attached to an aromatic ring is 1. The fraction of sp³-hybridized carbons (Fsp3) is 0.133. The molecule has 0 aliphatic heterocycles. The second-order valence-corrected chi connectivity index (χ2v) is 5.70. The third-order valence-electron chi connectivity index (χ3n) is 3.28. The Morgan fingerprint density at radius 1 is 1.20 bits per heavy atom. The van der Waals surface area contributed by atoms with E-state index in [1.54, 1.807) is 12.1 Å². The number of nitrogens with two attached hydrogens (primary N) is 1. The van der Waals surface area contributed by atoms with Gasteiger partial charge in [0.25, 0.3) is 0 Å². The molecule has 0 saturated heterocycles. The minimum absolute atomic E-state index is 0.327. The van der Waals surface area contributed by atoms with Gasteiger partial charge in [0.2, 0.25) is 0 Å². The minimum Gasteiger partial charge on any atom is -0.383 e. The number of halogens is 2. The Balaban J connectivity index is 2.29. The summed E-state index contributed by atoms with van der Waals surface area (Å²) in [5.74, 6) is 0.200. The molecule has 0 spiro atoms. The summed E-state index contributed by atoms with van der Waals surface area (Å²) in [6.45, 7) is 3.99. The van der Waals surface area contributed by atoms with Crippen molar-refractivity contribution in [1.82, 2.24) is 9.38 Å². The molecule has 0 aliphatic carbocycles. The summed E-state index contributed by atoms with van der Waals surface area (Å²) >= 11 is 3.14. The van der Waals surface area contributed by atoms with Crippen molar-refractivity contribution in [3.05, 3.63) is 51.9 Å². The van der Waals surface area contributed by atoms with Gasteiger partial charge in [-0.2, -0.15) is 0 Å². The van der Waals surface area contributed by atoms with Gasteiger partial charge in [-0.1, -0.05) is 6.07 Å². The molecule has 3 aromatic rings. The molecule has 102 valence electrons. The summed E-state index contributed by atoms with van der Waals surface area (Å²) < 4.78 is 16.0. The van der Waals surface area contributed by atoms with E-state index in [2.05, 4.69) is 20.9 Å². The van der Waals surface area contributed by atoms with Gasteiger partial charge in [0.1, 0.15) is 23.0 Å². The Kier molecular flexibility index (Phi) is 3.01. The van der Waals surface area contributed by atoms with Gasteiger partial charge in [-0.25, -0.2) is 9.37 Å². The number of rotatable bonds is 1. The average molecular weight is 334 g/mol. The van der Waals surface area contributed by atoms with Gasteiger partial charge >= 0.3 is 0 Å². The molecule has 0 amide bonds. The second-order valence-electron chi connectivity index (χ2n) is 4.84. The van der Waals surface area contributed by atoms with Gasteiger partial charge in [-0.05, 0) is 59.6 Å². The SMILES string of the molecule is Cc1cc(C)n2c(N)c(-c3ccc(Br)c(F)c3)nc2c1.